The van der Waals surface area contributed by atoms with Crippen LogP contribution in [-0.2, 0) is 30.4 Å². The molecule has 3 heterocycles. The number of carbonyl (C=O) groups is 3. The van der Waals surface area contributed by atoms with Gasteiger partial charge in [0.15, 0.2) is 0 Å². The highest BCUT2D eigenvalue weighted by Crippen LogP contribution is 2.60. The van der Waals surface area contributed by atoms with Crippen LogP contribution in [0.2, 0.25) is 0 Å². The summed E-state index contributed by atoms with van der Waals surface area (Å²) in [7, 11) is 0. The number of halogens is 1. The average Bonchev–Trinajstić information content (AvgIpc) is 3.52. The average molecular weight is 604 g/mol. The van der Waals surface area contributed by atoms with Gasteiger partial charge in [0, 0.05) is 31.1 Å². The molecule has 9 heteroatoms. The topological polar surface area (TPSA) is 96.4 Å². The number of unbranched alkanes of at least 4 members (excludes halogenated alkanes) is 3. The Bertz CT molecular complexity index is 1050. The van der Waals surface area contributed by atoms with E-state index in [1.165, 1.54) is 0 Å². The molecule has 2 amide bonds. The maximum Gasteiger partial charge on any atom is 0.312 e. The third kappa shape index (κ3) is 5.86. The summed E-state index contributed by atoms with van der Waals surface area (Å²) in [5, 5.41) is 9.24. The van der Waals surface area contributed by atoms with Gasteiger partial charge in [-0.15, -0.1) is 13.2 Å². The van der Waals surface area contributed by atoms with Crippen LogP contribution in [0.25, 0.3) is 0 Å². The number of fused-ring (bicyclic) bond motifs is 1. The van der Waals surface area contributed by atoms with E-state index in [0.29, 0.717) is 45.3 Å². The van der Waals surface area contributed by atoms with E-state index in [2.05, 4.69) is 29.1 Å². The van der Waals surface area contributed by atoms with Gasteiger partial charge >= 0.3 is 5.97 Å². The minimum atomic E-state index is -1.12. The quantitative estimate of drug-likeness (QED) is 0.143. The van der Waals surface area contributed by atoms with Crippen LogP contribution in [0.4, 0.5) is 0 Å². The van der Waals surface area contributed by atoms with Crippen molar-refractivity contribution in [1.82, 2.24) is 9.80 Å². The smallest absolute Gasteiger partial charge is 0.312 e. The Balaban J connectivity index is 1.65. The minimum absolute atomic E-state index is 0.0723. The molecule has 0 aromatic heterocycles. The number of amides is 2. The van der Waals surface area contributed by atoms with Gasteiger partial charge in [-0.1, -0.05) is 58.4 Å². The van der Waals surface area contributed by atoms with E-state index in [0.717, 1.165) is 18.4 Å². The second-order valence-corrected chi connectivity index (χ2v) is 11.7. The van der Waals surface area contributed by atoms with Crippen molar-refractivity contribution in [3.8, 4) is 0 Å². The Kier molecular flexibility index (Phi) is 10.0. The maximum atomic E-state index is 14.4. The molecule has 0 saturated carbocycles. The monoisotopic (exact) mass is 602 g/mol. The Morgan fingerprint density at radius 3 is 2.64 bits per heavy atom. The van der Waals surface area contributed by atoms with Crippen molar-refractivity contribution in [1.29, 1.82) is 0 Å². The van der Waals surface area contributed by atoms with Gasteiger partial charge in [-0.25, -0.2) is 0 Å². The molecule has 3 aliphatic rings. The van der Waals surface area contributed by atoms with Crippen LogP contribution in [0.3, 0.4) is 0 Å². The summed E-state index contributed by atoms with van der Waals surface area (Å²) in [5.41, 5.74) is -0.151. The van der Waals surface area contributed by atoms with Crippen LogP contribution in [-0.4, -0.2) is 81.6 Å². The predicted molar refractivity (Wildman–Crippen MR) is 151 cm³/mol. The number of esters is 1. The van der Waals surface area contributed by atoms with Crippen LogP contribution in [0, 0.1) is 11.8 Å². The van der Waals surface area contributed by atoms with Crippen molar-refractivity contribution in [2.75, 3.05) is 26.3 Å². The summed E-state index contributed by atoms with van der Waals surface area (Å²) < 4.78 is 12.2. The lowest BCUT2D eigenvalue weighted by molar-refractivity contribution is -0.155. The molecule has 0 radical (unpaired) electrons. The van der Waals surface area contributed by atoms with Crippen LogP contribution in [0.1, 0.15) is 44.1 Å². The Labute approximate surface area is 239 Å². The summed E-state index contributed by atoms with van der Waals surface area (Å²) in [6.45, 7) is 8.89. The van der Waals surface area contributed by atoms with Crippen molar-refractivity contribution in [2.45, 2.75) is 67.6 Å². The highest BCUT2D eigenvalue weighted by molar-refractivity contribution is 9.09. The zero-order chi connectivity index (χ0) is 28.0. The normalized spacial score (nSPS) is 28.8. The maximum absolute atomic E-state index is 14.4. The highest BCUT2D eigenvalue weighted by atomic mass is 79.9. The van der Waals surface area contributed by atoms with Crippen molar-refractivity contribution < 1.29 is 29.0 Å². The second kappa shape index (κ2) is 13.2. The van der Waals surface area contributed by atoms with E-state index in [4.69, 9.17) is 9.47 Å². The van der Waals surface area contributed by atoms with Gasteiger partial charge in [0.25, 0.3) is 0 Å². The highest BCUT2D eigenvalue weighted by Gasteiger charge is 2.77. The van der Waals surface area contributed by atoms with Gasteiger partial charge in [0.1, 0.15) is 11.6 Å². The summed E-state index contributed by atoms with van der Waals surface area (Å²) in [6.07, 6.45) is 6.72. The van der Waals surface area contributed by atoms with Gasteiger partial charge in [-0.05, 0) is 44.1 Å². The number of hydrogen-bond acceptors (Lipinski definition) is 6. The van der Waals surface area contributed by atoms with Crippen LogP contribution < -0.4 is 0 Å². The first-order valence-corrected chi connectivity index (χ1v) is 14.8. The van der Waals surface area contributed by atoms with E-state index in [9.17, 15) is 19.5 Å². The molecule has 3 aliphatic heterocycles. The molecule has 6 atom stereocenters. The van der Waals surface area contributed by atoms with Crippen molar-refractivity contribution in [3.05, 3.63) is 61.2 Å². The molecule has 1 spiro atoms. The van der Waals surface area contributed by atoms with Crippen LogP contribution >= 0.6 is 15.9 Å². The molecule has 3 saturated heterocycles. The van der Waals surface area contributed by atoms with Gasteiger partial charge in [-0.2, -0.15) is 0 Å². The zero-order valence-electron chi connectivity index (χ0n) is 22.4. The van der Waals surface area contributed by atoms with Gasteiger partial charge in [0.05, 0.1) is 24.5 Å². The molecule has 1 N–H and O–H groups in total. The number of allylic oxidation sites excluding steroid dienone is 1. The zero-order valence-corrected chi connectivity index (χ0v) is 24.0. The van der Waals surface area contributed by atoms with Crippen LogP contribution in [0.15, 0.2) is 55.6 Å². The van der Waals surface area contributed by atoms with E-state index in [1.54, 1.807) is 22.0 Å². The van der Waals surface area contributed by atoms with Crippen LogP contribution in [0.5, 0.6) is 0 Å². The molecule has 39 heavy (non-hydrogen) atoms. The van der Waals surface area contributed by atoms with E-state index in [-0.39, 0.29) is 29.9 Å². The standard InChI is InChI=1S/C30H39BrN2O6/c1-3-5-12-18-38-29(37)23-24-27(35)33(16-10-7-11-17-34)26(30(24)19-22(31)25(23)39-30)28(36)32(15-4-2)20-21-13-8-6-9-14-21/h3-4,6,8-9,13-14,22-26,34H,1-2,5,7,10-12,15-20H2/t22?,23-,24+,25-,26?,30?/m1/s1. The van der Waals surface area contributed by atoms with E-state index in [1.807, 2.05) is 30.3 Å². The largest absolute Gasteiger partial charge is 0.465 e. The molecule has 212 valence electrons. The fraction of sp³-hybridized carbons (Fsp3) is 0.567. The summed E-state index contributed by atoms with van der Waals surface area (Å²) in [6, 6.07) is 8.83. The fourth-order valence-electron chi connectivity index (χ4n) is 6.35. The van der Waals surface area contributed by atoms with Gasteiger partial charge < -0.3 is 24.4 Å². The number of aliphatic hydroxyl groups is 1. The van der Waals surface area contributed by atoms with Crippen molar-refractivity contribution in [3.63, 3.8) is 0 Å². The number of nitrogens with zero attached hydrogens (tertiary/aromatic N) is 2. The molecule has 3 fully saturated rings. The summed E-state index contributed by atoms with van der Waals surface area (Å²) >= 11 is 3.69. The number of alkyl halides is 1. The third-order valence-corrected chi connectivity index (χ3v) is 8.87. The lowest BCUT2D eigenvalue weighted by Crippen LogP contribution is -2.56. The molecule has 2 bridgehead atoms. The number of carbonyl (C=O) groups excluding carboxylic acids is 3. The second-order valence-electron chi connectivity index (χ2n) is 10.6. The number of rotatable bonds is 15. The Hall–Kier alpha value is -2.49. The molecular formula is C30H39BrN2O6. The predicted octanol–water partition coefficient (Wildman–Crippen LogP) is 3.62. The first kappa shape index (κ1) is 29.5. The molecule has 4 rings (SSSR count). The first-order valence-electron chi connectivity index (χ1n) is 13.8. The third-order valence-electron chi connectivity index (χ3n) is 8.03. The number of hydrogen-bond donors (Lipinski definition) is 1. The number of benzene rings is 1. The van der Waals surface area contributed by atoms with Crippen molar-refractivity contribution >= 4 is 33.7 Å². The fourth-order valence-corrected chi connectivity index (χ4v) is 7.29. The van der Waals surface area contributed by atoms with Gasteiger partial charge in [0.2, 0.25) is 11.8 Å². The lowest BCUT2D eigenvalue weighted by atomic mass is 9.70. The summed E-state index contributed by atoms with van der Waals surface area (Å²) in [4.78, 5) is 44.9. The number of ether oxygens (including phenoxy) is 2. The lowest BCUT2D eigenvalue weighted by Gasteiger charge is -2.37. The molecule has 0 aliphatic carbocycles. The van der Waals surface area contributed by atoms with E-state index < -0.39 is 35.6 Å². The molecular weight excluding hydrogens is 564 g/mol. The van der Waals surface area contributed by atoms with E-state index >= 15 is 0 Å². The SMILES string of the molecule is C=CCCCOC(=O)[C@H]1[C@@H]2OC3(CC2Br)C(C(=O)N(CC=C)Cc2ccccc2)N(CCCCCO)C(=O)[C@H]13. The summed E-state index contributed by atoms with van der Waals surface area (Å²) in [5.74, 6) is -2.45. The molecule has 3 unspecified atom stereocenters. The van der Waals surface area contributed by atoms with Gasteiger partial charge in [-0.3, -0.25) is 14.4 Å². The Morgan fingerprint density at radius 1 is 1.18 bits per heavy atom. The molecule has 1 aromatic carbocycles. The number of aliphatic hydroxyl groups excluding tert-OH is 1. The minimum Gasteiger partial charge on any atom is -0.465 e. The molecule has 8 nitrogen and oxygen atoms in total. The Morgan fingerprint density at radius 2 is 1.95 bits per heavy atom. The van der Waals surface area contributed by atoms with Crippen molar-refractivity contribution in [2.24, 2.45) is 11.8 Å². The molecule has 1 aromatic rings. The number of likely N-dealkylation sites (tertiary alicyclic amines) is 1. The first-order chi connectivity index (χ1) is 18.9.